The van der Waals surface area contributed by atoms with Gasteiger partial charge in [0, 0.05) is 38.3 Å². The molecule has 1 N–H and O–H groups in total. The fourth-order valence-corrected chi connectivity index (χ4v) is 4.09. The van der Waals surface area contributed by atoms with Gasteiger partial charge in [-0.3, -0.25) is 4.79 Å². The predicted molar refractivity (Wildman–Crippen MR) is 102 cm³/mol. The predicted octanol–water partition coefficient (Wildman–Crippen LogP) is 1.74. The first-order chi connectivity index (χ1) is 12.5. The number of hydrogen-bond acceptors (Lipinski definition) is 5. The van der Waals surface area contributed by atoms with Crippen LogP contribution in [0.2, 0.25) is 0 Å². The maximum atomic E-state index is 12.8. The number of carbonyl (C=O) groups excluding carboxylic acids is 1. The van der Waals surface area contributed by atoms with Gasteiger partial charge < -0.3 is 15.0 Å². The highest BCUT2D eigenvalue weighted by Gasteiger charge is 2.28. The van der Waals surface area contributed by atoms with Crippen molar-refractivity contribution in [2.45, 2.75) is 45.6 Å². The van der Waals surface area contributed by atoms with E-state index in [1.165, 1.54) is 0 Å². The molecule has 2 aromatic heterocycles. The molecule has 1 atom stereocenters. The monoisotopic (exact) mass is 359 g/mol. The summed E-state index contributed by atoms with van der Waals surface area (Å²) < 4.78 is 7.16. The molecule has 1 fully saturated rings. The van der Waals surface area contributed by atoms with Crippen LogP contribution in [0.4, 0.5) is 0 Å². The number of likely N-dealkylation sites (tertiary alicyclic amines) is 1. The van der Waals surface area contributed by atoms with Crippen LogP contribution >= 0.6 is 0 Å². The summed E-state index contributed by atoms with van der Waals surface area (Å²) >= 11 is 0. The summed E-state index contributed by atoms with van der Waals surface area (Å²) in [6.45, 7) is 5.81. The number of amides is 1. The van der Waals surface area contributed by atoms with Gasteiger partial charge in [-0.15, -0.1) is 5.10 Å². The molecule has 3 rings (SSSR count). The topological polar surface area (TPSA) is 72.3 Å². The van der Waals surface area contributed by atoms with Gasteiger partial charge in [0.2, 0.25) is 11.8 Å². The van der Waals surface area contributed by atoms with Crippen LogP contribution in [0.1, 0.15) is 36.1 Å². The van der Waals surface area contributed by atoms with Crippen molar-refractivity contribution in [2.24, 2.45) is 7.05 Å². The lowest BCUT2D eigenvalue weighted by atomic mass is 10.00. The molecular weight excluding hydrogens is 330 g/mol. The number of fused-ring (bicyclic) bond motifs is 1. The highest BCUT2D eigenvalue weighted by molar-refractivity contribution is 5.86. The molecule has 7 nitrogen and oxygen atoms in total. The van der Waals surface area contributed by atoms with Crippen LogP contribution in [-0.4, -0.2) is 58.9 Å². The number of rotatable bonds is 6. The third kappa shape index (κ3) is 3.28. The Bertz CT molecular complexity index is 814. The van der Waals surface area contributed by atoms with Crippen molar-refractivity contribution >= 4 is 16.9 Å². The number of nitrogens with zero attached hydrogens (tertiary/aromatic N) is 4. The Hall–Kier alpha value is -2.15. The van der Waals surface area contributed by atoms with Crippen LogP contribution < -0.4 is 10.1 Å². The Morgan fingerprint density at radius 2 is 2.15 bits per heavy atom. The summed E-state index contributed by atoms with van der Waals surface area (Å²) in [6.07, 6.45) is 3.39. The molecule has 1 saturated heterocycles. The van der Waals surface area contributed by atoms with Gasteiger partial charge in [0.15, 0.2) is 5.65 Å². The molecule has 1 unspecified atom stereocenters. The highest BCUT2D eigenvalue weighted by Crippen LogP contribution is 2.30. The maximum absolute atomic E-state index is 12.8. The van der Waals surface area contributed by atoms with E-state index in [2.05, 4.69) is 17.3 Å². The molecule has 0 radical (unpaired) electrons. The van der Waals surface area contributed by atoms with E-state index in [0.717, 1.165) is 53.8 Å². The average Bonchev–Trinajstić information content (AvgIpc) is 3.19. The number of aryl methyl sites for hydroxylation is 3. The second-order valence-corrected chi connectivity index (χ2v) is 7.07. The van der Waals surface area contributed by atoms with Gasteiger partial charge in [-0.05, 0) is 51.3 Å². The molecule has 7 heteroatoms. The number of likely N-dealkylation sites (N-methyl/N-ethyl adjacent to an activating group) is 1. The number of methoxy groups -OCH3 is 1. The van der Waals surface area contributed by atoms with Crippen LogP contribution in [0.5, 0.6) is 5.88 Å². The lowest BCUT2D eigenvalue weighted by molar-refractivity contribution is -0.131. The van der Waals surface area contributed by atoms with E-state index in [1.807, 2.05) is 25.9 Å². The largest absolute Gasteiger partial charge is 0.479 e. The Balaban J connectivity index is 1.81. The molecule has 0 saturated carbocycles. The third-order valence-corrected chi connectivity index (χ3v) is 5.44. The number of carbonyl (C=O) groups is 1. The van der Waals surface area contributed by atoms with E-state index >= 15 is 0 Å². The van der Waals surface area contributed by atoms with Gasteiger partial charge in [0.25, 0.3) is 0 Å². The molecule has 1 aliphatic heterocycles. The van der Waals surface area contributed by atoms with E-state index in [-0.39, 0.29) is 5.91 Å². The molecular formula is C19H29N5O2. The molecule has 142 valence electrons. The minimum absolute atomic E-state index is 0.236. The van der Waals surface area contributed by atoms with Crippen molar-refractivity contribution in [1.82, 2.24) is 25.0 Å². The van der Waals surface area contributed by atoms with Gasteiger partial charge in [0.05, 0.1) is 12.5 Å². The second kappa shape index (κ2) is 7.61. The zero-order valence-electron chi connectivity index (χ0n) is 16.4. The minimum Gasteiger partial charge on any atom is -0.479 e. The summed E-state index contributed by atoms with van der Waals surface area (Å²) in [7, 11) is 5.44. The fourth-order valence-electron chi connectivity index (χ4n) is 4.09. The Morgan fingerprint density at radius 1 is 1.38 bits per heavy atom. The standard InChI is InChI=1S/C19H29N5O2/c1-12-15(8-9-16(25)24-10-6-7-14(24)11-20-3)13(2)21-18-17(12)19(26-5)22-23(18)4/h14,20H,6-11H2,1-5H3. The van der Waals surface area contributed by atoms with Crippen molar-refractivity contribution in [3.05, 3.63) is 16.8 Å². The molecule has 0 bridgehead atoms. The Morgan fingerprint density at radius 3 is 2.85 bits per heavy atom. The molecule has 0 aromatic carbocycles. The molecule has 0 aliphatic carbocycles. The van der Waals surface area contributed by atoms with Crippen LogP contribution in [0, 0.1) is 13.8 Å². The lowest BCUT2D eigenvalue weighted by Gasteiger charge is -2.25. The van der Waals surface area contributed by atoms with Gasteiger partial charge in [-0.2, -0.15) is 0 Å². The zero-order chi connectivity index (χ0) is 18.8. The van der Waals surface area contributed by atoms with E-state index in [4.69, 9.17) is 9.72 Å². The number of ether oxygens (including phenoxy) is 1. The van der Waals surface area contributed by atoms with Crippen LogP contribution in [0.15, 0.2) is 0 Å². The Labute approximate surface area is 154 Å². The van der Waals surface area contributed by atoms with Gasteiger partial charge >= 0.3 is 0 Å². The summed E-state index contributed by atoms with van der Waals surface area (Å²) in [5.74, 6) is 0.827. The van der Waals surface area contributed by atoms with Gasteiger partial charge in [0.1, 0.15) is 0 Å². The molecule has 1 amide bonds. The fraction of sp³-hybridized carbons (Fsp3) is 0.632. The molecule has 3 heterocycles. The first kappa shape index (κ1) is 18.6. The third-order valence-electron chi connectivity index (χ3n) is 5.44. The van der Waals surface area contributed by atoms with Gasteiger partial charge in [-0.1, -0.05) is 0 Å². The van der Waals surface area contributed by atoms with Crippen molar-refractivity contribution in [3.63, 3.8) is 0 Å². The van der Waals surface area contributed by atoms with Crippen molar-refractivity contribution in [2.75, 3.05) is 27.2 Å². The first-order valence-corrected chi connectivity index (χ1v) is 9.28. The highest BCUT2D eigenvalue weighted by atomic mass is 16.5. The first-order valence-electron chi connectivity index (χ1n) is 9.28. The van der Waals surface area contributed by atoms with Crippen molar-refractivity contribution in [1.29, 1.82) is 0 Å². The SMILES string of the molecule is CNCC1CCCN1C(=O)CCc1c(C)nc2c(c(OC)nn2C)c1C. The summed E-state index contributed by atoms with van der Waals surface area (Å²) in [4.78, 5) is 19.5. The summed E-state index contributed by atoms with van der Waals surface area (Å²) in [5, 5.41) is 8.53. The molecule has 2 aromatic rings. The van der Waals surface area contributed by atoms with Crippen LogP contribution in [-0.2, 0) is 18.3 Å². The van der Waals surface area contributed by atoms with Crippen LogP contribution in [0.25, 0.3) is 11.0 Å². The number of hydrogen-bond donors (Lipinski definition) is 1. The molecule has 0 spiro atoms. The van der Waals surface area contributed by atoms with E-state index in [9.17, 15) is 4.79 Å². The number of nitrogens with one attached hydrogen (secondary N) is 1. The maximum Gasteiger partial charge on any atom is 0.242 e. The second-order valence-electron chi connectivity index (χ2n) is 7.07. The number of pyridine rings is 1. The zero-order valence-corrected chi connectivity index (χ0v) is 16.4. The van der Waals surface area contributed by atoms with Crippen molar-refractivity contribution < 1.29 is 9.53 Å². The Kier molecular flexibility index (Phi) is 5.46. The molecule has 26 heavy (non-hydrogen) atoms. The molecule has 1 aliphatic rings. The lowest BCUT2D eigenvalue weighted by Crippen LogP contribution is -2.40. The van der Waals surface area contributed by atoms with Crippen molar-refractivity contribution in [3.8, 4) is 5.88 Å². The quantitative estimate of drug-likeness (QED) is 0.850. The number of aromatic nitrogens is 3. The minimum atomic E-state index is 0.236. The average molecular weight is 359 g/mol. The normalized spacial score (nSPS) is 17.3. The van der Waals surface area contributed by atoms with E-state index in [1.54, 1.807) is 11.8 Å². The van der Waals surface area contributed by atoms with Crippen LogP contribution in [0.3, 0.4) is 0 Å². The van der Waals surface area contributed by atoms with E-state index < -0.39 is 0 Å². The summed E-state index contributed by atoms with van der Waals surface area (Å²) in [6, 6.07) is 0.328. The van der Waals surface area contributed by atoms with E-state index in [0.29, 0.717) is 24.8 Å². The summed E-state index contributed by atoms with van der Waals surface area (Å²) in [5.41, 5.74) is 4.02. The van der Waals surface area contributed by atoms with Gasteiger partial charge in [-0.25, -0.2) is 9.67 Å². The smallest absolute Gasteiger partial charge is 0.242 e.